The van der Waals surface area contributed by atoms with Gasteiger partial charge in [-0.1, -0.05) is 58.4 Å². The van der Waals surface area contributed by atoms with Gasteiger partial charge in [0.1, 0.15) is 5.52 Å². The number of hydrogen-bond acceptors (Lipinski definition) is 2. The van der Waals surface area contributed by atoms with Crippen LogP contribution in [0.25, 0.3) is 22.2 Å². The largest absolute Gasteiger partial charge is 0.440 e. The van der Waals surface area contributed by atoms with E-state index in [1.807, 2.05) is 30.3 Å². The van der Waals surface area contributed by atoms with Crippen molar-refractivity contribution in [1.29, 1.82) is 0 Å². The van der Waals surface area contributed by atoms with Crippen molar-refractivity contribution < 1.29 is 4.42 Å². The van der Waals surface area contributed by atoms with Crippen LogP contribution in [-0.4, -0.2) is 4.98 Å². The van der Waals surface area contributed by atoms with E-state index in [-0.39, 0.29) is 0 Å². The lowest BCUT2D eigenvalue weighted by atomic mass is 10.0. The Kier molecular flexibility index (Phi) is 2.69. The fourth-order valence-electron chi connectivity index (χ4n) is 1.90. The van der Waals surface area contributed by atoms with Crippen molar-refractivity contribution >= 4 is 27.0 Å². The number of oxazole rings is 1. The van der Waals surface area contributed by atoms with Crippen molar-refractivity contribution in [1.82, 2.24) is 4.98 Å². The highest BCUT2D eigenvalue weighted by molar-refractivity contribution is 9.08. The molecule has 0 atom stereocenters. The second kappa shape index (κ2) is 4.34. The van der Waals surface area contributed by atoms with Crippen molar-refractivity contribution in [2.24, 2.45) is 0 Å². The van der Waals surface area contributed by atoms with E-state index in [9.17, 15) is 0 Å². The molecule has 0 saturated carbocycles. The molecule has 0 aliphatic carbocycles. The maximum Gasteiger partial charge on any atom is 0.206 e. The molecule has 0 radical (unpaired) electrons. The number of nitrogens with zero attached hydrogens (tertiary/aromatic N) is 1. The molecule has 3 rings (SSSR count). The summed E-state index contributed by atoms with van der Waals surface area (Å²) in [6, 6.07) is 16.2. The molecule has 0 aliphatic rings. The van der Waals surface area contributed by atoms with Crippen molar-refractivity contribution in [2.75, 3.05) is 0 Å². The molecule has 1 heterocycles. The van der Waals surface area contributed by atoms with Crippen LogP contribution in [0.2, 0.25) is 0 Å². The molecule has 0 fully saturated rings. The van der Waals surface area contributed by atoms with E-state index >= 15 is 0 Å². The summed E-state index contributed by atoms with van der Waals surface area (Å²) < 4.78 is 5.62. The molecule has 0 spiro atoms. The number of alkyl halides is 1. The number of benzene rings is 2. The number of para-hydroxylation sites is 1. The third kappa shape index (κ3) is 1.87. The smallest absolute Gasteiger partial charge is 0.206 e. The number of aromatic nitrogens is 1. The summed E-state index contributed by atoms with van der Waals surface area (Å²) in [6.45, 7) is 0. The minimum atomic E-state index is 0.635. The Morgan fingerprint density at radius 2 is 1.82 bits per heavy atom. The maximum atomic E-state index is 5.62. The molecule has 2 nitrogen and oxygen atoms in total. The number of rotatable bonds is 2. The lowest BCUT2D eigenvalue weighted by Crippen LogP contribution is -1.80. The fourth-order valence-corrected chi connectivity index (χ4v) is 2.14. The van der Waals surface area contributed by atoms with Crippen LogP contribution in [-0.2, 0) is 5.33 Å². The van der Waals surface area contributed by atoms with Crippen LogP contribution in [0.5, 0.6) is 0 Å². The molecule has 0 saturated heterocycles. The summed E-state index contributed by atoms with van der Waals surface area (Å²) in [4.78, 5) is 4.49. The minimum Gasteiger partial charge on any atom is -0.440 e. The second-order valence-electron chi connectivity index (χ2n) is 3.76. The van der Waals surface area contributed by atoms with Crippen molar-refractivity contribution in [3.05, 3.63) is 54.4 Å². The van der Waals surface area contributed by atoms with Gasteiger partial charge >= 0.3 is 0 Å². The van der Waals surface area contributed by atoms with E-state index in [0.29, 0.717) is 11.2 Å². The first-order valence-corrected chi connectivity index (χ1v) is 6.50. The van der Waals surface area contributed by atoms with Gasteiger partial charge in [0.2, 0.25) is 5.89 Å². The third-order valence-electron chi connectivity index (χ3n) is 2.66. The molecule has 0 aliphatic heterocycles. The summed E-state index contributed by atoms with van der Waals surface area (Å²) in [6.07, 6.45) is 0. The van der Waals surface area contributed by atoms with Crippen LogP contribution in [0, 0.1) is 0 Å². The Hall–Kier alpha value is -1.61. The van der Waals surface area contributed by atoms with Crippen LogP contribution in [0.4, 0.5) is 0 Å². The summed E-state index contributed by atoms with van der Waals surface area (Å²) in [7, 11) is 0. The molecular formula is C14H10BrNO. The summed E-state index contributed by atoms with van der Waals surface area (Å²) in [5.41, 5.74) is 4.03. The average molecular weight is 288 g/mol. The first-order chi connectivity index (χ1) is 8.38. The zero-order valence-corrected chi connectivity index (χ0v) is 10.6. The molecule has 0 amide bonds. The van der Waals surface area contributed by atoms with Crippen molar-refractivity contribution in [3.8, 4) is 11.1 Å². The Morgan fingerprint density at radius 1 is 1.00 bits per heavy atom. The standard InChI is InChI=1S/C14H10BrNO/c15-9-13-16-14-11(7-4-8-12(14)17-13)10-5-2-1-3-6-10/h1-8H,9H2. The van der Waals surface area contributed by atoms with Gasteiger partial charge in [0.15, 0.2) is 5.58 Å². The molecule has 2 aromatic carbocycles. The van der Waals surface area contributed by atoms with Gasteiger partial charge in [-0.2, -0.15) is 0 Å². The second-order valence-corrected chi connectivity index (χ2v) is 4.32. The van der Waals surface area contributed by atoms with Crippen LogP contribution in [0.3, 0.4) is 0 Å². The summed E-state index contributed by atoms with van der Waals surface area (Å²) in [5.74, 6) is 0.711. The first-order valence-electron chi connectivity index (χ1n) is 5.38. The Bertz CT molecular complexity index is 646. The van der Waals surface area contributed by atoms with Crippen LogP contribution in [0.1, 0.15) is 5.89 Å². The SMILES string of the molecule is BrCc1nc2c(-c3ccccc3)cccc2o1. The number of fused-ring (bicyclic) bond motifs is 1. The van der Waals surface area contributed by atoms with Crippen LogP contribution < -0.4 is 0 Å². The minimum absolute atomic E-state index is 0.635. The third-order valence-corrected chi connectivity index (χ3v) is 3.14. The van der Waals surface area contributed by atoms with Gasteiger partial charge in [-0.15, -0.1) is 0 Å². The highest BCUT2D eigenvalue weighted by Gasteiger charge is 2.09. The Labute approximate surface area is 107 Å². The quantitative estimate of drug-likeness (QED) is 0.654. The van der Waals surface area contributed by atoms with Gasteiger partial charge in [-0.3, -0.25) is 0 Å². The first kappa shape index (κ1) is 10.5. The number of halogens is 1. The normalized spacial score (nSPS) is 10.9. The highest BCUT2D eigenvalue weighted by atomic mass is 79.9. The van der Waals surface area contributed by atoms with Crippen LogP contribution in [0.15, 0.2) is 52.9 Å². The molecule has 84 valence electrons. The van der Waals surface area contributed by atoms with Gasteiger partial charge in [0.05, 0.1) is 5.33 Å². The Morgan fingerprint density at radius 3 is 2.59 bits per heavy atom. The van der Waals surface area contributed by atoms with Gasteiger partial charge in [0, 0.05) is 5.56 Å². The van der Waals surface area contributed by atoms with Gasteiger partial charge in [-0.25, -0.2) is 4.98 Å². The highest BCUT2D eigenvalue weighted by Crippen LogP contribution is 2.28. The topological polar surface area (TPSA) is 26.0 Å². The van der Waals surface area contributed by atoms with Crippen molar-refractivity contribution in [3.63, 3.8) is 0 Å². The van der Waals surface area contributed by atoms with E-state index in [0.717, 1.165) is 22.2 Å². The zero-order chi connectivity index (χ0) is 11.7. The van der Waals surface area contributed by atoms with Gasteiger partial charge < -0.3 is 4.42 Å². The monoisotopic (exact) mass is 287 g/mol. The molecule has 0 unspecified atom stereocenters. The van der Waals surface area contributed by atoms with Crippen LogP contribution >= 0.6 is 15.9 Å². The van der Waals surface area contributed by atoms with Gasteiger partial charge in [-0.05, 0) is 11.6 Å². The summed E-state index contributed by atoms with van der Waals surface area (Å²) >= 11 is 3.36. The van der Waals surface area contributed by atoms with E-state index < -0.39 is 0 Å². The maximum absolute atomic E-state index is 5.62. The summed E-state index contributed by atoms with van der Waals surface area (Å²) in [5, 5.41) is 0.635. The van der Waals surface area contributed by atoms with E-state index in [4.69, 9.17) is 4.42 Å². The lowest BCUT2D eigenvalue weighted by molar-refractivity contribution is 0.557. The Balaban J connectivity index is 2.26. The van der Waals surface area contributed by atoms with E-state index in [1.54, 1.807) is 0 Å². The van der Waals surface area contributed by atoms with E-state index in [2.05, 4.69) is 39.1 Å². The fraction of sp³-hybridized carbons (Fsp3) is 0.0714. The predicted molar refractivity (Wildman–Crippen MR) is 72.1 cm³/mol. The predicted octanol–water partition coefficient (Wildman–Crippen LogP) is 4.39. The molecule has 3 heteroatoms. The molecule has 3 aromatic rings. The van der Waals surface area contributed by atoms with Crippen molar-refractivity contribution in [2.45, 2.75) is 5.33 Å². The molecule has 17 heavy (non-hydrogen) atoms. The zero-order valence-electron chi connectivity index (χ0n) is 9.06. The number of hydrogen-bond donors (Lipinski definition) is 0. The molecule has 0 bridgehead atoms. The molecule has 1 aromatic heterocycles. The molecular weight excluding hydrogens is 278 g/mol. The van der Waals surface area contributed by atoms with Gasteiger partial charge in [0.25, 0.3) is 0 Å². The van der Waals surface area contributed by atoms with E-state index in [1.165, 1.54) is 0 Å². The molecule has 0 N–H and O–H groups in total. The lowest BCUT2D eigenvalue weighted by Gasteiger charge is -2.00. The average Bonchev–Trinajstić information content (AvgIpc) is 2.82.